The third kappa shape index (κ3) is 6.25. The number of nitrogens with zero attached hydrogens (tertiary/aromatic N) is 4. The molecule has 9 rings (SSSR count). The fraction of sp³-hybridized carbons (Fsp3) is 0.300. The lowest BCUT2D eigenvalue weighted by atomic mass is 9.72. The second-order valence-electron chi connectivity index (χ2n) is 18.3. The molecule has 2 aliphatic heterocycles. The lowest BCUT2D eigenvalue weighted by molar-refractivity contribution is 0.206. The molecule has 4 heterocycles. The molecule has 0 fully saturated rings. The summed E-state index contributed by atoms with van der Waals surface area (Å²) in [5.74, 6) is 2.99. The quantitative estimate of drug-likeness (QED) is 0.176. The van der Waals surface area contributed by atoms with Gasteiger partial charge in [-0.15, -0.1) is 0 Å². The molecule has 0 saturated heterocycles. The minimum atomic E-state index is -0.233. The number of pyridine rings is 2. The minimum absolute atomic E-state index is 0.0205. The van der Waals surface area contributed by atoms with E-state index in [-0.39, 0.29) is 28.4 Å². The van der Waals surface area contributed by atoms with Crippen molar-refractivity contribution >= 4 is 23.1 Å². The Morgan fingerprint density at radius 1 is 0.714 bits per heavy atom. The average Bonchev–Trinajstić information content (AvgIpc) is 3.72. The molecule has 56 heavy (non-hydrogen) atoms. The third-order valence-electron chi connectivity index (χ3n) is 11.7. The van der Waals surface area contributed by atoms with Crippen molar-refractivity contribution in [3.63, 3.8) is 0 Å². The van der Waals surface area contributed by atoms with E-state index in [1.54, 1.807) is 0 Å². The first-order valence-corrected chi connectivity index (χ1v) is 19.8. The topological polar surface area (TPSA) is 59.8 Å². The largest absolute Gasteiger partial charge is 0.471 e. The average molecular weight is 739 g/mol. The smallest absolute Gasteiger partial charge is 0.217 e. The molecule has 0 radical (unpaired) electrons. The highest BCUT2D eigenvalue weighted by Gasteiger charge is 2.41. The van der Waals surface area contributed by atoms with Gasteiger partial charge in [0.05, 0.1) is 17.1 Å². The fourth-order valence-electron chi connectivity index (χ4n) is 8.56. The zero-order valence-corrected chi connectivity index (χ0v) is 33.9. The number of rotatable bonds is 5. The predicted molar refractivity (Wildman–Crippen MR) is 227 cm³/mol. The lowest BCUT2D eigenvalue weighted by Gasteiger charge is -2.41. The van der Waals surface area contributed by atoms with Crippen molar-refractivity contribution in [1.82, 2.24) is 9.97 Å². The summed E-state index contributed by atoms with van der Waals surface area (Å²) in [6.45, 7) is 20.3. The predicted octanol–water partition coefficient (Wildman–Crippen LogP) is 12.4. The SMILES string of the molecule is Cc1cc(Oc2cc(C3=N[C@@H]4c5ccc(C(C)(C)C)cc5C[C@@H]4O3)cc(-c3ccccn3)c2)cc(N2c3ccc(C(C)(C)C)cc3C(C)(C)c3cccnc32)c1. The van der Waals surface area contributed by atoms with Crippen LogP contribution in [0.2, 0.25) is 0 Å². The van der Waals surface area contributed by atoms with Crippen LogP contribution in [0.25, 0.3) is 11.3 Å². The Balaban J connectivity index is 1.11. The van der Waals surface area contributed by atoms with Crippen molar-refractivity contribution in [2.75, 3.05) is 4.90 Å². The first-order chi connectivity index (χ1) is 26.6. The number of hydrogen-bond donors (Lipinski definition) is 0. The molecule has 0 amide bonds. The summed E-state index contributed by atoms with van der Waals surface area (Å²) >= 11 is 0. The van der Waals surface area contributed by atoms with Gasteiger partial charge in [0.15, 0.2) is 0 Å². The van der Waals surface area contributed by atoms with Gasteiger partial charge in [-0.05, 0) is 106 Å². The van der Waals surface area contributed by atoms with Gasteiger partial charge in [-0.2, -0.15) is 0 Å². The summed E-state index contributed by atoms with van der Waals surface area (Å²) in [4.78, 5) is 17.2. The Labute approximate surface area is 331 Å². The Hall–Kier alpha value is -5.75. The number of aliphatic imine (C=N–C) groups is 1. The molecule has 6 nitrogen and oxygen atoms in total. The van der Waals surface area contributed by atoms with E-state index < -0.39 is 0 Å². The molecular formula is C50H50N4O2. The molecule has 3 aliphatic rings. The number of ether oxygens (including phenoxy) is 2. The summed E-state index contributed by atoms with van der Waals surface area (Å²) in [6, 6.07) is 36.6. The van der Waals surface area contributed by atoms with Crippen LogP contribution in [0.1, 0.15) is 106 Å². The van der Waals surface area contributed by atoms with Crippen LogP contribution in [0, 0.1) is 6.92 Å². The molecule has 0 bridgehead atoms. The number of anilines is 3. The number of fused-ring (bicyclic) bond motifs is 5. The van der Waals surface area contributed by atoms with E-state index in [0.29, 0.717) is 11.6 Å². The van der Waals surface area contributed by atoms with Crippen LogP contribution in [-0.2, 0) is 27.4 Å². The van der Waals surface area contributed by atoms with E-state index in [9.17, 15) is 0 Å². The second kappa shape index (κ2) is 12.9. The van der Waals surface area contributed by atoms with Gasteiger partial charge < -0.3 is 9.47 Å². The summed E-state index contributed by atoms with van der Waals surface area (Å²) in [5, 5.41) is 0. The first-order valence-electron chi connectivity index (χ1n) is 19.8. The minimum Gasteiger partial charge on any atom is -0.471 e. The molecule has 0 spiro atoms. The highest BCUT2D eigenvalue weighted by atomic mass is 16.5. The zero-order valence-electron chi connectivity index (χ0n) is 33.9. The molecule has 0 unspecified atom stereocenters. The summed E-state index contributed by atoms with van der Waals surface area (Å²) in [5.41, 5.74) is 13.5. The number of aromatic nitrogens is 2. The van der Waals surface area contributed by atoms with Gasteiger partial charge in [-0.3, -0.25) is 9.88 Å². The molecule has 4 aromatic carbocycles. The van der Waals surface area contributed by atoms with Crippen LogP contribution in [-0.4, -0.2) is 22.0 Å². The van der Waals surface area contributed by atoms with E-state index in [1.807, 2.05) is 42.7 Å². The van der Waals surface area contributed by atoms with Crippen LogP contribution in [0.3, 0.4) is 0 Å². The van der Waals surface area contributed by atoms with Crippen molar-refractivity contribution in [3.05, 3.63) is 160 Å². The summed E-state index contributed by atoms with van der Waals surface area (Å²) in [6.07, 6.45) is 4.53. The van der Waals surface area contributed by atoms with Gasteiger partial charge in [0.2, 0.25) is 5.90 Å². The first kappa shape index (κ1) is 35.9. The van der Waals surface area contributed by atoms with Gasteiger partial charge in [-0.1, -0.05) is 97.9 Å². The molecule has 282 valence electrons. The summed E-state index contributed by atoms with van der Waals surface area (Å²) < 4.78 is 13.5. The van der Waals surface area contributed by atoms with Gasteiger partial charge in [0.1, 0.15) is 29.5 Å². The molecule has 1 aliphatic carbocycles. The lowest BCUT2D eigenvalue weighted by Crippen LogP contribution is -2.32. The van der Waals surface area contributed by atoms with Crippen LogP contribution >= 0.6 is 0 Å². The van der Waals surface area contributed by atoms with E-state index in [2.05, 4.69) is 140 Å². The van der Waals surface area contributed by atoms with Crippen molar-refractivity contribution in [3.8, 4) is 22.8 Å². The molecule has 6 heteroatoms. The monoisotopic (exact) mass is 738 g/mol. The summed E-state index contributed by atoms with van der Waals surface area (Å²) in [7, 11) is 0. The fourth-order valence-corrected chi connectivity index (χ4v) is 8.56. The van der Waals surface area contributed by atoms with Crippen molar-refractivity contribution in [2.45, 2.75) is 97.1 Å². The maximum Gasteiger partial charge on any atom is 0.217 e. The van der Waals surface area contributed by atoms with Crippen LogP contribution in [0.15, 0.2) is 121 Å². The normalized spacial score (nSPS) is 18.0. The number of hydrogen-bond acceptors (Lipinski definition) is 6. The maximum atomic E-state index is 6.84. The maximum absolute atomic E-state index is 6.84. The van der Waals surface area contributed by atoms with E-state index in [4.69, 9.17) is 24.4 Å². The molecule has 2 atom stereocenters. The Morgan fingerprint density at radius 3 is 2.21 bits per heavy atom. The van der Waals surface area contributed by atoms with E-state index in [0.717, 1.165) is 51.7 Å². The second-order valence-corrected chi connectivity index (χ2v) is 18.3. The van der Waals surface area contributed by atoms with Gasteiger partial charge in [0.25, 0.3) is 0 Å². The Bertz CT molecular complexity index is 2540. The van der Waals surface area contributed by atoms with E-state index >= 15 is 0 Å². The molecular weight excluding hydrogens is 689 g/mol. The van der Waals surface area contributed by atoms with Crippen LogP contribution in [0.5, 0.6) is 11.5 Å². The standard InChI is InChI=1S/C50H50N4O2/c1-30-21-36(54-43-18-16-35(49(5,6)7)28-41(43)50(8,9)40-13-12-20-52-46(40)54)29-37(22-30)55-38-25-32(42-14-10-11-19-51-42)23-33(26-38)47-53-45-39-17-15-34(48(2,3)4)24-31(39)27-44(45)56-47/h10-26,28-29,44-45H,27H2,1-9H3/t44-,45+/m0/s1. The Morgan fingerprint density at radius 2 is 1.45 bits per heavy atom. The molecule has 2 aromatic heterocycles. The number of benzene rings is 4. The van der Waals surface area contributed by atoms with E-state index in [1.165, 1.54) is 33.4 Å². The highest BCUT2D eigenvalue weighted by molar-refractivity contribution is 5.97. The van der Waals surface area contributed by atoms with Gasteiger partial charge in [-0.25, -0.2) is 9.98 Å². The number of aryl methyl sites for hydroxylation is 1. The zero-order chi connectivity index (χ0) is 39.1. The van der Waals surface area contributed by atoms with Gasteiger partial charge >= 0.3 is 0 Å². The molecule has 0 saturated carbocycles. The third-order valence-corrected chi connectivity index (χ3v) is 11.7. The van der Waals surface area contributed by atoms with Gasteiger partial charge in [0, 0.05) is 47.0 Å². The van der Waals surface area contributed by atoms with Crippen molar-refractivity contribution in [2.24, 2.45) is 4.99 Å². The van der Waals surface area contributed by atoms with Crippen LogP contribution < -0.4 is 9.64 Å². The highest BCUT2D eigenvalue weighted by Crippen LogP contribution is 2.52. The molecule has 6 aromatic rings. The van der Waals surface area contributed by atoms with Crippen molar-refractivity contribution in [1.29, 1.82) is 0 Å². The Kier molecular flexibility index (Phi) is 8.28. The van der Waals surface area contributed by atoms with Crippen LogP contribution in [0.4, 0.5) is 17.2 Å². The van der Waals surface area contributed by atoms with Crippen molar-refractivity contribution < 1.29 is 9.47 Å². The molecule has 0 N–H and O–H groups in total.